The van der Waals surface area contributed by atoms with Crippen LogP contribution >= 0.6 is 0 Å². The molecule has 0 fully saturated rings. The van der Waals surface area contributed by atoms with Gasteiger partial charge in [-0.1, -0.05) is 13.5 Å². The maximum Gasteiger partial charge on any atom is 0.246 e. The highest BCUT2D eigenvalue weighted by molar-refractivity contribution is 5.88. The van der Waals surface area contributed by atoms with Crippen molar-refractivity contribution >= 4 is 12.2 Å². The molecule has 0 atom stereocenters. The summed E-state index contributed by atoms with van der Waals surface area (Å²) < 4.78 is 0. The Morgan fingerprint density at radius 3 is 2.64 bits per heavy atom. The fourth-order valence-electron chi connectivity index (χ4n) is 0.780. The number of aldehydes is 1. The second-order valence-electron chi connectivity index (χ2n) is 2.16. The van der Waals surface area contributed by atoms with E-state index in [0.29, 0.717) is 6.54 Å². The molecule has 0 bridgehead atoms. The van der Waals surface area contributed by atoms with Gasteiger partial charge in [-0.3, -0.25) is 4.79 Å². The van der Waals surface area contributed by atoms with E-state index >= 15 is 0 Å². The van der Waals surface area contributed by atoms with E-state index in [-0.39, 0.29) is 12.5 Å². The van der Waals surface area contributed by atoms with Gasteiger partial charge in [-0.15, -0.1) is 0 Å². The molecular formula is C8H13NO2. The minimum Gasteiger partial charge on any atom is -0.332 e. The van der Waals surface area contributed by atoms with E-state index in [2.05, 4.69) is 6.58 Å². The first-order valence-corrected chi connectivity index (χ1v) is 3.61. The zero-order valence-electron chi connectivity index (χ0n) is 6.75. The van der Waals surface area contributed by atoms with E-state index in [1.165, 1.54) is 11.0 Å². The van der Waals surface area contributed by atoms with Crippen molar-refractivity contribution in [2.75, 3.05) is 13.1 Å². The lowest BCUT2D eigenvalue weighted by molar-refractivity contribution is -0.128. The first-order chi connectivity index (χ1) is 5.26. The second-order valence-corrected chi connectivity index (χ2v) is 2.16. The highest BCUT2D eigenvalue weighted by Gasteiger charge is 2.06. The number of nitrogens with zero attached hydrogens (tertiary/aromatic N) is 1. The van der Waals surface area contributed by atoms with Crippen LogP contribution in [-0.4, -0.2) is 30.2 Å². The van der Waals surface area contributed by atoms with Crippen LogP contribution < -0.4 is 0 Å². The third-order valence-electron chi connectivity index (χ3n) is 1.27. The quantitative estimate of drug-likeness (QED) is 0.431. The third-order valence-corrected chi connectivity index (χ3v) is 1.27. The minimum atomic E-state index is -0.182. The molecule has 0 spiro atoms. The molecule has 0 heterocycles. The van der Waals surface area contributed by atoms with Gasteiger partial charge < -0.3 is 9.69 Å². The molecule has 62 valence electrons. The van der Waals surface area contributed by atoms with Crippen LogP contribution in [0.15, 0.2) is 12.7 Å². The van der Waals surface area contributed by atoms with E-state index < -0.39 is 0 Å². The second kappa shape index (κ2) is 5.65. The van der Waals surface area contributed by atoms with Crippen LogP contribution in [0.1, 0.15) is 13.3 Å². The van der Waals surface area contributed by atoms with E-state index in [1.54, 1.807) is 0 Å². The van der Waals surface area contributed by atoms with Crippen LogP contribution in [-0.2, 0) is 9.59 Å². The van der Waals surface area contributed by atoms with E-state index in [1.807, 2.05) is 6.92 Å². The normalized spacial score (nSPS) is 8.82. The first-order valence-electron chi connectivity index (χ1n) is 3.61. The van der Waals surface area contributed by atoms with Gasteiger partial charge in [0.25, 0.3) is 0 Å². The van der Waals surface area contributed by atoms with Crippen molar-refractivity contribution in [1.29, 1.82) is 0 Å². The average Bonchev–Trinajstić information content (AvgIpc) is 2.03. The molecule has 0 aliphatic rings. The van der Waals surface area contributed by atoms with Crippen molar-refractivity contribution in [2.24, 2.45) is 0 Å². The summed E-state index contributed by atoms with van der Waals surface area (Å²) in [6.07, 6.45) is 2.80. The van der Waals surface area contributed by atoms with Gasteiger partial charge in [0, 0.05) is 6.54 Å². The van der Waals surface area contributed by atoms with Crippen molar-refractivity contribution < 1.29 is 9.59 Å². The summed E-state index contributed by atoms with van der Waals surface area (Å²) >= 11 is 0. The van der Waals surface area contributed by atoms with Gasteiger partial charge in [0.15, 0.2) is 0 Å². The zero-order valence-corrected chi connectivity index (χ0v) is 6.75. The number of hydrogen-bond donors (Lipinski definition) is 0. The van der Waals surface area contributed by atoms with Crippen molar-refractivity contribution in [3.8, 4) is 0 Å². The van der Waals surface area contributed by atoms with Crippen LogP contribution in [0.25, 0.3) is 0 Å². The number of amides is 1. The molecule has 3 heteroatoms. The number of carbonyl (C=O) groups is 2. The SMILES string of the molecule is C=CC(=O)N(CC=O)CCC. The highest BCUT2D eigenvalue weighted by Crippen LogP contribution is 1.91. The molecule has 11 heavy (non-hydrogen) atoms. The average molecular weight is 155 g/mol. The van der Waals surface area contributed by atoms with Gasteiger partial charge in [-0.2, -0.15) is 0 Å². The molecule has 3 nitrogen and oxygen atoms in total. The zero-order chi connectivity index (χ0) is 8.69. The molecule has 0 aliphatic heterocycles. The van der Waals surface area contributed by atoms with E-state index in [4.69, 9.17) is 0 Å². The molecule has 0 aromatic rings. The van der Waals surface area contributed by atoms with E-state index in [0.717, 1.165) is 12.7 Å². The lowest BCUT2D eigenvalue weighted by atomic mass is 10.4. The molecule has 0 aromatic carbocycles. The molecule has 0 saturated carbocycles. The predicted molar refractivity (Wildman–Crippen MR) is 43.1 cm³/mol. The van der Waals surface area contributed by atoms with Gasteiger partial charge in [0.1, 0.15) is 6.29 Å². The third kappa shape index (κ3) is 3.55. The van der Waals surface area contributed by atoms with Crippen molar-refractivity contribution in [3.05, 3.63) is 12.7 Å². The van der Waals surface area contributed by atoms with Crippen molar-refractivity contribution in [2.45, 2.75) is 13.3 Å². The number of hydrogen-bond acceptors (Lipinski definition) is 2. The summed E-state index contributed by atoms with van der Waals surface area (Å²) in [5, 5.41) is 0. The summed E-state index contributed by atoms with van der Waals surface area (Å²) in [6.45, 7) is 6.07. The molecule has 0 rings (SSSR count). The van der Waals surface area contributed by atoms with E-state index in [9.17, 15) is 9.59 Å². The summed E-state index contributed by atoms with van der Waals surface area (Å²) in [5.74, 6) is -0.182. The lowest BCUT2D eigenvalue weighted by Gasteiger charge is -2.16. The van der Waals surface area contributed by atoms with Crippen LogP contribution in [0.5, 0.6) is 0 Å². The summed E-state index contributed by atoms with van der Waals surface area (Å²) in [4.78, 5) is 22.5. The lowest BCUT2D eigenvalue weighted by Crippen LogP contribution is -2.31. The number of carbonyl (C=O) groups excluding carboxylic acids is 2. The Balaban J connectivity index is 3.95. The van der Waals surface area contributed by atoms with Gasteiger partial charge in [-0.05, 0) is 12.5 Å². The highest BCUT2D eigenvalue weighted by atomic mass is 16.2. The van der Waals surface area contributed by atoms with Gasteiger partial charge >= 0.3 is 0 Å². The van der Waals surface area contributed by atoms with Gasteiger partial charge in [0.05, 0.1) is 6.54 Å². The summed E-state index contributed by atoms with van der Waals surface area (Å²) in [7, 11) is 0. The molecule has 0 aromatic heterocycles. The largest absolute Gasteiger partial charge is 0.332 e. The minimum absolute atomic E-state index is 0.165. The van der Waals surface area contributed by atoms with Gasteiger partial charge in [-0.25, -0.2) is 0 Å². The Morgan fingerprint density at radius 1 is 1.64 bits per heavy atom. The number of rotatable bonds is 5. The Hall–Kier alpha value is -1.12. The van der Waals surface area contributed by atoms with Crippen LogP contribution in [0.2, 0.25) is 0 Å². The van der Waals surface area contributed by atoms with Crippen LogP contribution in [0.4, 0.5) is 0 Å². The van der Waals surface area contributed by atoms with Crippen molar-refractivity contribution in [1.82, 2.24) is 4.90 Å². The molecule has 0 radical (unpaired) electrons. The fraction of sp³-hybridized carbons (Fsp3) is 0.500. The Labute approximate surface area is 66.7 Å². The van der Waals surface area contributed by atoms with Crippen molar-refractivity contribution in [3.63, 3.8) is 0 Å². The Morgan fingerprint density at radius 2 is 2.27 bits per heavy atom. The standard InChI is InChI=1S/C8H13NO2/c1-3-5-9(6-7-10)8(11)4-2/h4,7H,2-3,5-6H2,1H3. The molecule has 0 saturated heterocycles. The maximum absolute atomic E-state index is 10.9. The fourth-order valence-corrected chi connectivity index (χ4v) is 0.780. The topological polar surface area (TPSA) is 37.4 Å². The molecule has 0 unspecified atom stereocenters. The Bertz CT molecular complexity index is 154. The Kier molecular flexibility index (Phi) is 5.07. The van der Waals surface area contributed by atoms with Crippen LogP contribution in [0.3, 0.4) is 0 Å². The molecular weight excluding hydrogens is 142 g/mol. The summed E-state index contributed by atoms with van der Waals surface area (Å²) in [6, 6.07) is 0. The summed E-state index contributed by atoms with van der Waals surface area (Å²) in [5.41, 5.74) is 0. The molecule has 1 amide bonds. The molecule has 0 aliphatic carbocycles. The molecule has 0 N–H and O–H groups in total. The smallest absolute Gasteiger partial charge is 0.246 e. The maximum atomic E-state index is 10.9. The van der Waals surface area contributed by atoms with Crippen LogP contribution in [0, 0.1) is 0 Å². The predicted octanol–water partition coefficient (Wildman–Crippen LogP) is 0.610. The monoisotopic (exact) mass is 155 g/mol. The van der Waals surface area contributed by atoms with Gasteiger partial charge in [0.2, 0.25) is 5.91 Å². The first kappa shape index (κ1) is 9.88.